The van der Waals surface area contributed by atoms with E-state index in [-0.39, 0.29) is 18.7 Å². The molecular formula is C12H13BrF2N2O2S. The van der Waals surface area contributed by atoms with Gasteiger partial charge in [-0.1, -0.05) is 0 Å². The van der Waals surface area contributed by atoms with Crippen LogP contribution in [-0.2, 0) is 4.79 Å². The maximum Gasteiger partial charge on any atom is 0.262 e. The fourth-order valence-electron chi connectivity index (χ4n) is 1.86. The van der Waals surface area contributed by atoms with Crippen LogP contribution in [0.25, 0.3) is 0 Å². The van der Waals surface area contributed by atoms with Gasteiger partial charge in [-0.05, 0) is 35.0 Å². The number of hydrogen-bond donors (Lipinski definition) is 2. The third-order valence-electron chi connectivity index (χ3n) is 2.97. The number of nitrogens with one attached hydrogen (secondary N) is 2. The van der Waals surface area contributed by atoms with Gasteiger partial charge in [-0.2, -0.15) is 0 Å². The van der Waals surface area contributed by atoms with E-state index in [9.17, 15) is 18.4 Å². The Morgan fingerprint density at radius 2 is 2.10 bits per heavy atom. The summed E-state index contributed by atoms with van der Waals surface area (Å²) in [4.78, 5) is 24.1. The first-order chi connectivity index (χ1) is 9.27. The zero-order chi connectivity index (χ0) is 14.9. The third kappa shape index (κ3) is 3.76. The summed E-state index contributed by atoms with van der Waals surface area (Å²) in [6.07, 6.45) is -0.672. The summed E-state index contributed by atoms with van der Waals surface area (Å²) in [6, 6.07) is 2.10. The number of hydrogen-bond acceptors (Lipinski definition) is 3. The quantitative estimate of drug-likeness (QED) is 0.860. The molecule has 1 aliphatic rings. The second-order valence-corrected chi connectivity index (χ2v) is 7.23. The monoisotopic (exact) mass is 366 g/mol. The first-order valence-corrected chi connectivity index (χ1v) is 7.62. The fourth-order valence-corrected chi connectivity index (χ4v) is 3.15. The highest BCUT2D eigenvalue weighted by Gasteiger charge is 2.46. The van der Waals surface area contributed by atoms with Crippen LogP contribution in [0, 0.1) is 0 Å². The maximum atomic E-state index is 12.6. The van der Waals surface area contributed by atoms with E-state index in [1.807, 2.05) is 0 Å². The highest BCUT2D eigenvalue weighted by atomic mass is 79.9. The Hall–Kier alpha value is -1.02. The van der Waals surface area contributed by atoms with Gasteiger partial charge in [0.05, 0.1) is 8.66 Å². The van der Waals surface area contributed by atoms with Gasteiger partial charge in [-0.15, -0.1) is 11.3 Å². The lowest BCUT2D eigenvalue weighted by molar-refractivity contribution is -0.130. The second-order valence-electron chi connectivity index (χ2n) is 4.77. The molecule has 0 spiro atoms. The van der Waals surface area contributed by atoms with Crippen LogP contribution in [0.1, 0.15) is 29.4 Å². The van der Waals surface area contributed by atoms with Gasteiger partial charge in [-0.25, -0.2) is 8.78 Å². The summed E-state index contributed by atoms with van der Waals surface area (Å²) in [6.45, 7) is 1.52. The molecule has 1 heterocycles. The summed E-state index contributed by atoms with van der Waals surface area (Å²) >= 11 is 4.50. The molecule has 1 fully saturated rings. The number of halogens is 3. The number of carbonyl (C=O) groups excluding carboxylic acids is 2. The highest BCUT2D eigenvalue weighted by molar-refractivity contribution is 9.11. The van der Waals surface area contributed by atoms with Crippen LogP contribution in [0.2, 0.25) is 0 Å². The summed E-state index contributed by atoms with van der Waals surface area (Å²) in [5.74, 6) is -3.48. The molecule has 1 aromatic rings. The Balaban J connectivity index is 1.81. The average Bonchev–Trinajstić information content (AvgIpc) is 2.73. The van der Waals surface area contributed by atoms with Crippen LogP contribution in [0.5, 0.6) is 0 Å². The molecule has 1 saturated carbocycles. The molecule has 0 aliphatic heterocycles. The normalized spacial score (nSPS) is 19.0. The van der Waals surface area contributed by atoms with E-state index >= 15 is 0 Å². The number of carbonyl (C=O) groups is 2. The smallest absolute Gasteiger partial charge is 0.262 e. The van der Waals surface area contributed by atoms with E-state index in [4.69, 9.17) is 0 Å². The van der Waals surface area contributed by atoms with E-state index in [0.29, 0.717) is 4.88 Å². The van der Waals surface area contributed by atoms with E-state index in [0.717, 1.165) is 3.79 Å². The summed E-state index contributed by atoms with van der Waals surface area (Å²) in [7, 11) is 0. The molecule has 110 valence electrons. The molecule has 0 saturated heterocycles. The van der Waals surface area contributed by atoms with Gasteiger partial charge in [-0.3, -0.25) is 9.59 Å². The van der Waals surface area contributed by atoms with E-state index in [1.165, 1.54) is 18.3 Å². The largest absolute Gasteiger partial charge is 0.351 e. The molecule has 8 heteroatoms. The molecular weight excluding hydrogens is 354 g/mol. The number of amides is 2. The Morgan fingerprint density at radius 3 is 2.60 bits per heavy atom. The van der Waals surface area contributed by atoms with Crippen molar-refractivity contribution in [2.75, 3.05) is 0 Å². The minimum atomic E-state index is -2.67. The number of thiophene rings is 1. The van der Waals surface area contributed by atoms with Crippen LogP contribution < -0.4 is 10.6 Å². The third-order valence-corrected chi connectivity index (χ3v) is 4.60. The van der Waals surface area contributed by atoms with Crippen molar-refractivity contribution in [3.63, 3.8) is 0 Å². The number of alkyl halides is 2. The van der Waals surface area contributed by atoms with Crippen molar-refractivity contribution in [2.24, 2.45) is 0 Å². The maximum absolute atomic E-state index is 12.6. The van der Waals surface area contributed by atoms with E-state index in [1.54, 1.807) is 12.1 Å². The van der Waals surface area contributed by atoms with Gasteiger partial charge in [0.25, 0.3) is 11.8 Å². The van der Waals surface area contributed by atoms with Gasteiger partial charge >= 0.3 is 0 Å². The summed E-state index contributed by atoms with van der Waals surface area (Å²) in [5, 5.41) is 5.03. The van der Waals surface area contributed by atoms with E-state index in [2.05, 4.69) is 26.6 Å². The van der Waals surface area contributed by atoms with Crippen molar-refractivity contribution in [3.8, 4) is 0 Å². The Labute approximate surface area is 127 Å². The Morgan fingerprint density at radius 1 is 1.45 bits per heavy atom. The highest BCUT2D eigenvalue weighted by Crippen LogP contribution is 2.37. The lowest BCUT2D eigenvalue weighted by atomic mass is 9.88. The molecule has 0 radical (unpaired) electrons. The molecule has 1 aromatic heterocycles. The van der Waals surface area contributed by atoms with Crippen molar-refractivity contribution >= 4 is 39.1 Å². The SMILES string of the molecule is CC(NC(=O)c1ccc(Br)s1)C(=O)NC1CC(F)(F)C1. The van der Waals surface area contributed by atoms with Crippen LogP contribution in [0.4, 0.5) is 8.78 Å². The lowest BCUT2D eigenvalue weighted by Gasteiger charge is -2.35. The van der Waals surface area contributed by atoms with Gasteiger partial charge in [0.2, 0.25) is 5.91 Å². The van der Waals surface area contributed by atoms with Crippen molar-refractivity contribution in [3.05, 3.63) is 20.8 Å². The molecule has 1 unspecified atom stereocenters. The number of rotatable bonds is 4. The molecule has 20 heavy (non-hydrogen) atoms. The van der Waals surface area contributed by atoms with Crippen LogP contribution >= 0.6 is 27.3 Å². The van der Waals surface area contributed by atoms with Crippen molar-refractivity contribution < 1.29 is 18.4 Å². The van der Waals surface area contributed by atoms with Crippen LogP contribution in [-0.4, -0.2) is 29.8 Å². The zero-order valence-corrected chi connectivity index (χ0v) is 13.0. The molecule has 4 nitrogen and oxygen atoms in total. The Bertz CT molecular complexity index is 527. The van der Waals surface area contributed by atoms with Gasteiger partial charge in [0.1, 0.15) is 6.04 Å². The molecule has 0 bridgehead atoms. The van der Waals surface area contributed by atoms with Gasteiger partial charge < -0.3 is 10.6 Å². The molecule has 0 aromatic carbocycles. The topological polar surface area (TPSA) is 58.2 Å². The molecule has 2 amide bonds. The van der Waals surface area contributed by atoms with Gasteiger partial charge in [0.15, 0.2) is 0 Å². The average molecular weight is 367 g/mol. The molecule has 1 aliphatic carbocycles. The fraction of sp³-hybridized carbons (Fsp3) is 0.500. The molecule has 2 rings (SSSR count). The van der Waals surface area contributed by atoms with E-state index < -0.39 is 23.9 Å². The first kappa shape index (κ1) is 15.4. The Kier molecular flexibility index (Phi) is 4.43. The second kappa shape index (κ2) is 5.77. The first-order valence-electron chi connectivity index (χ1n) is 6.01. The summed E-state index contributed by atoms with van der Waals surface area (Å²) < 4.78 is 26.1. The van der Waals surface area contributed by atoms with Gasteiger partial charge in [0, 0.05) is 18.9 Å². The minimum absolute atomic E-state index is 0.336. The van der Waals surface area contributed by atoms with Crippen molar-refractivity contribution in [2.45, 2.75) is 37.8 Å². The standard InChI is InChI=1S/C12H13BrF2N2O2S/c1-6(10(18)17-7-4-12(14,15)5-7)16-11(19)8-2-3-9(13)20-8/h2-3,6-7H,4-5H2,1H3,(H,16,19)(H,17,18). The van der Waals surface area contributed by atoms with Crippen LogP contribution in [0.15, 0.2) is 15.9 Å². The predicted octanol–water partition coefficient (Wildman–Crippen LogP) is 2.54. The minimum Gasteiger partial charge on any atom is -0.351 e. The zero-order valence-electron chi connectivity index (χ0n) is 10.6. The summed E-state index contributed by atoms with van der Waals surface area (Å²) in [5.41, 5.74) is 0. The van der Waals surface area contributed by atoms with Crippen molar-refractivity contribution in [1.82, 2.24) is 10.6 Å². The van der Waals surface area contributed by atoms with Crippen molar-refractivity contribution in [1.29, 1.82) is 0 Å². The lowest BCUT2D eigenvalue weighted by Crippen LogP contribution is -2.55. The van der Waals surface area contributed by atoms with Crippen LogP contribution in [0.3, 0.4) is 0 Å². The predicted molar refractivity (Wildman–Crippen MR) is 75.1 cm³/mol. The molecule has 2 N–H and O–H groups in total. The molecule has 1 atom stereocenters.